The fraction of sp³-hybridized carbons (Fsp3) is 0.476. The van der Waals surface area contributed by atoms with E-state index >= 15 is 0 Å². The van der Waals surface area contributed by atoms with Crippen molar-refractivity contribution in [3.63, 3.8) is 0 Å². The van der Waals surface area contributed by atoms with Gasteiger partial charge in [-0.05, 0) is 55.2 Å². The first-order valence-corrected chi connectivity index (χ1v) is 10.2. The highest BCUT2D eigenvalue weighted by molar-refractivity contribution is 6.33. The summed E-state index contributed by atoms with van der Waals surface area (Å²) in [7, 11) is 0. The Balaban J connectivity index is 1.37. The molecule has 1 heterocycles. The van der Waals surface area contributed by atoms with Crippen LogP contribution in [0.4, 0.5) is 18.9 Å². The fourth-order valence-electron chi connectivity index (χ4n) is 5.51. The third-order valence-electron chi connectivity index (χ3n) is 7.02. The van der Waals surface area contributed by atoms with Gasteiger partial charge in [0.1, 0.15) is 6.04 Å². The molecule has 6 rings (SSSR count). The Morgan fingerprint density at radius 3 is 2.23 bits per heavy atom. The molecule has 1 saturated heterocycles. The van der Waals surface area contributed by atoms with Crippen LogP contribution in [0, 0.1) is 35.5 Å². The van der Waals surface area contributed by atoms with Crippen molar-refractivity contribution in [3.8, 4) is 0 Å². The molecule has 0 unspecified atom stereocenters. The van der Waals surface area contributed by atoms with Gasteiger partial charge in [0, 0.05) is 0 Å². The Kier molecular flexibility index (Phi) is 4.13. The number of halogens is 4. The van der Waals surface area contributed by atoms with E-state index in [1.807, 2.05) is 12.2 Å². The molecule has 0 spiro atoms. The number of allylic oxidation sites excluding steroid dienone is 2. The Hall–Kier alpha value is -2.35. The molecule has 3 fully saturated rings. The first-order valence-electron chi connectivity index (χ1n) is 9.82. The molecular weight excluding hydrogens is 421 g/mol. The average molecular weight is 439 g/mol. The lowest BCUT2D eigenvalue weighted by molar-refractivity contribution is -0.146. The third-order valence-corrected chi connectivity index (χ3v) is 7.34. The van der Waals surface area contributed by atoms with Gasteiger partial charge in [0.15, 0.2) is 0 Å². The highest BCUT2D eigenvalue weighted by Gasteiger charge is 2.67. The Bertz CT molecular complexity index is 972. The normalized spacial score (nSPS) is 34.6. The first kappa shape index (κ1) is 19.6. The zero-order chi connectivity index (χ0) is 21.5. The maximum Gasteiger partial charge on any atom is 0.416 e. The number of benzene rings is 1. The number of imide groups is 1. The Labute approximate surface area is 175 Å². The number of nitrogens with one attached hydrogen (secondary N) is 1. The van der Waals surface area contributed by atoms with E-state index in [1.54, 1.807) is 0 Å². The number of nitrogens with zero attached hydrogens (tertiary/aromatic N) is 1. The van der Waals surface area contributed by atoms with Gasteiger partial charge in [0.25, 0.3) is 0 Å². The largest absolute Gasteiger partial charge is 0.416 e. The maximum atomic E-state index is 13.1. The highest BCUT2D eigenvalue weighted by Crippen LogP contribution is 2.65. The monoisotopic (exact) mass is 438 g/mol. The predicted octanol–water partition coefficient (Wildman–Crippen LogP) is 3.74. The van der Waals surface area contributed by atoms with Crippen LogP contribution in [0.15, 0.2) is 30.4 Å². The molecule has 1 N–H and O–H groups in total. The zero-order valence-corrected chi connectivity index (χ0v) is 16.6. The third kappa shape index (κ3) is 2.72. The van der Waals surface area contributed by atoms with E-state index in [0.29, 0.717) is 11.8 Å². The van der Waals surface area contributed by atoms with Crippen LogP contribution < -0.4 is 5.32 Å². The average Bonchev–Trinajstić information content (AvgIpc) is 3.46. The second-order valence-electron chi connectivity index (χ2n) is 8.56. The van der Waals surface area contributed by atoms with Crippen LogP contribution in [-0.2, 0) is 20.6 Å². The number of carbonyl (C=O) groups is 3. The fourth-order valence-corrected chi connectivity index (χ4v) is 5.68. The van der Waals surface area contributed by atoms with E-state index < -0.39 is 35.5 Å². The number of hydrogen-bond donors (Lipinski definition) is 1. The molecule has 0 radical (unpaired) electrons. The van der Waals surface area contributed by atoms with E-state index in [4.69, 9.17) is 11.6 Å². The molecule has 4 aliphatic carbocycles. The van der Waals surface area contributed by atoms with Crippen molar-refractivity contribution >= 4 is 35.0 Å². The van der Waals surface area contributed by atoms with Crippen LogP contribution in [0.5, 0.6) is 0 Å². The van der Waals surface area contributed by atoms with Crippen molar-refractivity contribution in [2.75, 3.05) is 5.32 Å². The minimum Gasteiger partial charge on any atom is -0.323 e. The lowest BCUT2D eigenvalue weighted by Crippen LogP contribution is -2.46. The smallest absolute Gasteiger partial charge is 0.323 e. The van der Waals surface area contributed by atoms with Gasteiger partial charge in [-0.3, -0.25) is 19.3 Å². The summed E-state index contributed by atoms with van der Waals surface area (Å²) in [6, 6.07) is 1.43. The molecular formula is C21H18ClF3N2O3. The minimum atomic E-state index is -4.60. The molecule has 0 aromatic heterocycles. The molecule has 9 heteroatoms. The molecule has 5 aliphatic rings. The van der Waals surface area contributed by atoms with Gasteiger partial charge in [-0.1, -0.05) is 23.8 Å². The summed E-state index contributed by atoms with van der Waals surface area (Å²) in [5.41, 5.74) is -1.18. The van der Waals surface area contributed by atoms with Crippen LogP contribution in [0.25, 0.3) is 0 Å². The van der Waals surface area contributed by atoms with Crippen LogP contribution >= 0.6 is 11.6 Å². The predicted molar refractivity (Wildman–Crippen MR) is 101 cm³/mol. The lowest BCUT2D eigenvalue weighted by Gasteiger charge is -2.37. The van der Waals surface area contributed by atoms with E-state index in [1.165, 1.54) is 6.92 Å². The zero-order valence-electron chi connectivity index (χ0n) is 15.8. The summed E-state index contributed by atoms with van der Waals surface area (Å²) in [5.74, 6) is -1.45. The number of alkyl halides is 3. The molecule has 7 atom stereocenters. The van der Waals surface area contributed by atoms with Gasteiger partial charge in [-0.25, -0.2) is 0 Å². The summed E-state index contributed by atoms with van der Waals surface area (Å²) >= 11 is 5.94. The first-order chi connectivity index (χ1) is 14.1. The van der Waals surface area contributed by atoms with E-state index in [0.717, 1.165) is 29.5 Å². The topological polar surface area (TPSA) is 66.5 Å². The van der Waals surface area contributed by atoms with Gasteiger partial charge in [0.2, 0.25) is 17.7 Å². The van der Waals surface area contributed by atoms with Crippen LogP contribution in [0.2, 0.25) is 5.02 Å². The standard InChI is InChI=1S/C21H18ClF3N2O3/c1-8(18(28)26-15-6-9(21(23,24)25)2-5-14(15)22)27-19(29)16-10-3-4-11(13-7-12(10)13)17(16)20(27)30/h2-6,8,10-13,16-17H,7H2,1H3,(H,26,28)/t8-,10+,11+,12+,13+,16-,17+/m0/s1. The number of anilines is 1. The molecule has 5 nitrogen and oxygen atoms in total. The molecule has 2 bridgehead atoms. The van der Waals surface area contributed by atoms with Gasteiger partial charge in [0.05, 0.1) is 28.1 Å². The number of amides is 3. The Morgan fingerprint density at radius 2 is 1.70 bits per heavy atom. The lowest BCUT2D eigenvalue weighted by atomic mass is 9.63. The van der Waals surface area contributed by atoms with Crippen LogP contribution in [0.3, 0.4) is 0 Å². The van der Waals surface area contributed by atoms with Crippen molar-refractivity contribution in [2.24, 2.45) is 35.5 Å². The minimum absolute atomic E-state index is 0.0274. The maximum absolute atomic E-state index is 13.1. The quantitative estimate of drug-likeness (QED) is 0.577. The van der Waals surface area contributed by atoms with Crippen molar-refractivity contribution in [1.29, 1.82) is 0 Å². The van der Waals surface area contributed by atoms with Crippen molar-refractivity contribution < 1.29 is 27.6 Å². The van der Waals surface area contributed by atoms with E-state index in [9.17, 15) is 27.6 Å². The highest BCUT2D eigenvalue weighted by atomic mass is 35.5. The van der Waals surface area contributed by atoms with Gasteiger partial charge in [-0.15, -0.1) is 0 Å². The molecule has 1 aromatic carbocycles. The summed E-state index contributed by atoms with van der Waals surface area (Å²) in [4.78, 5) is 39.9. The van der Waals surface area contributed by atoms with E-state index in [-0.39, 0.29) is 34.4 Å². The molecule has 30 heavy (non-hydrogen) atoms. The second kappa shape index (κ2) is 6.33. The van der Waals surface area contributed by atoms with Crippen molar-refractivity contribution in [3.05, 3.63) is 40.9 Å². The number of rotatable bonds is 3. The van der Waals surface area contributed by atoms with Crippen LogP contribution in [0.1, 0.15) is 18.9 Å². The van der Waals surface area contributed by atoms with Gasteiger partial charge < -0.3 is 5.32 Å². The van der Waals surface area contributed by atoms with E-state index in [2.05, 4.69) is 5.32 Å². The Morgan fingerprint density at radius 1 is 1.13 bits per heavy atom. The van der Waals surface area contributed by atoms with Crippen molar-refractivity contribution in [1.82, 2.24) is 4.90 Å². The number of likely N-dealkylation sites (tertiary alicyclic amines) is 1. The van der Waals surface area contributed by atoms with Crippen molar-refractivity contribution in [2.45, 2.75) is 25.6 Å². The molecule has 1 aromatic rings. The molecule has 3 amide bonds. The van der Waals surface area contributed by atoms with Gasteiger partial charge >= 0.3 is 6.18 Å². The number of carbonyl (C=O) groups excluding carboxylic acids is 3. The summed E-state index contributed by atoms with van der Waals surface area (Å²) in [6.07, 6.45) is 0.489. The summed E-state index contributed by atoms with van der Waals surface area (Å²) in [6.45, 7) is 1.40. The SMILES string of the molecule is C[C@@H](C(=O)Nc1cc(C(F)(F)F)ccc1Cl)N1C(=O)[C@@H]2[C@@H]3C=C[C@H]([C@H]4C[C@H]34)[C@@H]2C1=O. The van der Waals surface area contributed by atoms with Crippen LogP contribution in [-0.4, -0.2) is 28.7 Å². The molecule has 1 aliphatic heterocycles. The molecule has 2 saturated carbocycles. The second-order valence-corrected chi connectivity index (χ2v) is 8.97. The molecule has 158 valence electrons. The summed E-state index contributed by atoms with van der Waals surface area (Å²) in [5, 5.41) is 2.27. The number of hydrogen-bond acceptors (Lipinski definition) is 3. The van der Waals surface area contributed by atoms with Gasteiger partial charge in [-0.2, -0.15) is 13.2 Å². The summed E-state index contributed by atoms with van der Waals surface area (Å²) < 4.78 is 38.9.